The summed E-state index contributed by atoms with van der Waals surface area (Å²) in [7, 11) is -1.86. The van der Waals surface area contributed by atoms with Crippen LogP contribution >= 0.6 is 11.6 Å². The Morgan fingerprint density at radius 1 is 1.31 bits per heavy atom. The van der Waals surface area contributed by atoms with Gasteiger partial charge in [0.25, 0.3) is 0 Å². The van der Waals surface area contributed by atoms with Gasteiger partial charge in [0.1, 0.15) is 22.8 Å². The van der Waals surface area contributed by atoms with Crippen LogP contribution in [-0.2, 0) is 14.6 Å². The summed E-state index contributed by atoms with van der Waals surface area (Å²) in [5.74, 6) is -1.85. The number of halogens is 1. The molecule has 0 unspecified atom stereocenters. The summed E-state index contributed by atoms with van der Waals surface area (Å²) in [5.41, 5.74) is -0.660. The molecule has 2 rings (SSSR count). The van der Waals surface area contributed by atoms with Crippen LogP contribution in [0.1, 0.15) is 10.4 Å². The predicted octanol–water partition coefficient (Wildman–Crippen LogP) is 0.919. The number of ether oxygens (including phenoxy) is 2. The third kappa shape index (κ3) is 3.86. The molecule has 26 heavy (non-hydrogen) atoms. The number of rotatable bonds is 6. The van der Waals surface area contributed by atoms with Gasteiger partial charge in [0.15, 0.2) is 5.03 Å². The summed E-state index contributed by atoms with van der Waals surface area (Å²) < 4.78 is 34.3. The highest BCUT2D eigenvalue weighted by atomic mass is 35.5. The largest absolute Gasteiger partial charge is 0.481 e. The van der Waals surface area contributed by atoms with E-state index >= 15 is 0 Å². The Morgan fingerprint density at radius 2 is 2.00 bits per heavy atom. The van der Waals surface area contributed by atoms with E-state index in [-0.39, 0.29) is 22.3 Å². The molecule has 0 atom stereocenters. The Labute approximate surface area is 152 Å². The zero-order chi connectivity index (χ0) is 19.5. The number of esters is 1. The topological polar surface area (TPSA) is 161 Å². The molecule has 140 valence electrons. The van der Waals surface area contributed by atoms with E-state index in [0.29, 0.717) is 0 Å². The molecule has 1 amide bonds. The molecule has 13 heteroatoms. The molecule has 0 radical (unpaired) electrons. The van der Waals surface area contributed by atoms with Gasteiger partial charge >= 0.3 is 12.1 Å². The maximum absolute atomic E-state index is 12.3. The van der Waals surface area contributed by atoms with E-state index in [0.717, 1.165) is 7.11 Å². The van der Waals surface area contributed by atoms with Gasteiger partial charge in [0, 0.05) is 6.07 Å². The Balaban J connectivity index is 2.65. The van der Waals surface area contributed by atoms with Crippen LogP contribution in [0.5, 0.6) is 5.88 Å². The number of methoxy groups -OCH3 is 2. The molecule has 0 fully saturated rings. The van der Waals surface area contributed by atoms with E-state index in [1.165, 1.54) is 19.2 Å². The lowest BCUT2D eigenvalue weighted by atomic mass is 10.2. The van der Waals surface area contributed by atoms with Crippen LogP contribution in [0.15, 0.2) is 17.2 Å². The highest BCUT2D eigenvalue weighted by Gasteiger charge is 2.32. The summed E-state index contributed by atoms with van der Waals surface area (Å²) in [6.45, 7) is 0. The number of H-pyrrole nitrogens is 1. The number of nitrogens with one attached hydrogen (secondary N) is 2. The van der Waals surface area contributed by atoms with Crippen molar-refractivity contribution in [3.8, 4) is 17.3 Å². The van der Waals surface area contributed by atoms with E-state index in [4.69, 9.17) is 21.4 Å². The third-order valence-corrected chi connectivity index (χ3v) is 4.85. The second-order valence-electron chi connectivity index (χ2n) is 4.69. The fourth-order valence-electron chi connectivity index (χ4n) is 1.95. The number of aromatic nitrogens is 3. The van der Waals surface area contributed by atoms with E-state index < -0.39 is 38.4 Å². The molecule has 0 saturated carbocycles. The maximum atomic E-state index is 12.3. The van der Waals surface area contributed by atoms with Gasteiger partial charge in [-0.15, -0.1) is 0 Å². The molecule has 0 spiro atoms. The van der Waals surface area contributed by atoms with E-state index in [9.17, 15) is 18.0 Å². The van der Waals surface area contributed by atoms with Crippen molar-refractivity contribution in [2.24, 2.45) is 0 Å². The number of nitrogens with zero attached hydrogens (tertiary/aromatic N) is 2. The van der Waals surface area contributed by atoms with Crippen molar-refractivity contribution in [3.63, 3.8) is 0 Å². The number of hydrogen-bond acceptors (Lipinski definition) is 8. The smallest absolute Gasteiger partial charge is 0.405 e. The number of carboxylic acid groups (broad SMARTS) is 1. The predicted molar refractivity (Wildman–Crippen MR) is 87.9 cm³/mol. The van der Waals surface area contributed by atoms with E-state index in [1.54, 1.807) is 5.32 Å². The SMILES string of the molecule is COC(=O)c1c(-c2nc(OC)ccc2Cl)n[nH]c1S(=O)(=O)CNC(=O)O. The van der Waals surface area contributed by atoms with Gasteiger partial charge in [-0.1, -0.05) is 11.6 Å². The first kappa shape index (κ1) is 19.5. The minimum atomic E-state index is -4.27. The van der Waals surface area contributed by atoms with Crippen LogP contribution in [0, 0.1) is 0 Å². The lowest BCUT2D eigenvalue weighted by molar-refractivity contribution is 0.0597. The Kier molecular flexibility index (Phi) is 5.67. The highest BCUT2D eigenvalue weighted by molar-refractivity contribution is 7.91. The summed E-state index contributed by atoms with van der Waals surface area (Å²) in [6.07, 6.45) is -1.55. The fraction of sp³-hybridized carbons (Fsp3) is 0.231. The second-order valence-corrected chi connectivity index (χ2v) is 7.03. The van der Waals surface area contributed by atoms with Crippen molar-refractivity contribution < 1.29 is 32.6 Å². The first-order valence-electron chi connectivity index (χ1n) is 6.78. The average molecular weight is 405 g/mol. The zero-order valence-electron chi connectivity index (χ0n) is 13.4. The quantitative estimate of drug-likeness (QED) is 0.594. The van der Waals surface area contributed by atoms with Crippen LogP contribution in [0.2, 0.25) is 5.02 Å². The van der Waals surface area contributed by atoms with Gasteiger partial charge in [-0.25, -0.2) is 23.0 Å². The minimum Gasteiger partial charge on any atom is -0.481 e. The number of aromatic amines is 1. The summed E-state index contributed by atoms with van der Waals surface area (Å²) in [5, 5.41) is 15.8. The maximum Gasteiger partial charge on any atom is 0.405 e. The van der Waals surface area contributed by atoms with Gasteiger partial charge in [0.05, 0.1) is 19.2 Å². The second kappa shape index (κ2) is 7.58. The van der Waals surface area contributed by atoms with Crippen molar-refractivity contribution >= 4 is 33.5 Å². The molecule has 3 N–H and O–H groups in total. The lowest BCUT2D eigenvalue weighted by Gasteiger charge is -2.07. The van der Waals surface area contributed by atoms with E-state index in [2.05, 4.69) is 19.9 Å². The van der Waals surface area contributed by atoms with Gasteiger partial charge in [-0.3, -0.25) is 5.10 Å². The molecule has 0 aliphatic carbocycles. The van der Waals surface area contributed by atoms with Crippen LogP contribution in [0.4, 0.5) is 4.79 Å². The van der Waals surface area contributed by atoms with Crippen molar-refractivity contribution in [3.05, 3.63) is 22.7 Å². The van der Waals surface area contributed by atoms with Crippen molar-refractivity contribution in [1.29, 1.82) is 0 Å². The number of sulfone groups is 1. The van der Waals surface area contributed by atoms with Crippen molar-refractivity contribution in [2.45, 2.75) is 5.03 Å². The molecule has 0 saturated heterocycles. The molecular weight excluding hydrogens is 392 g/mol. The lowest BCUT2D eigenvalue weighted by Crippen LogP contribution is -2.29. The molecule has 11 nitrogen and oxygen atoms in total. The monoisotopic (exact) mass is 404 g/mol. The Hall–Kier alpha value is -2.86. The fourth-order valence-corrected chi connectivity index (χ4v) is 3.28. The Morgan fingerprint density at radius 3 is 2.58 bits per heavy atom. The van der Waals surface area contributed by atoms with Gasteiger partial charge in [-0.05, 0) is 6.07 Å². The number of hydrogen-bond donors (Lipinski definition) is 3. The molecule has 2 aromatic heterocycles. The van der Waals surface area contributed by atoms with Crippen LogP contribution < -0.4 is 10.1 Å². The first-order chi connectivity index (χ1) is 12.2. The molecule has 0 aliphatic heterocycles. The van der Waals surface area contributed by atoms with Gasteiger partial charge in [-0.2, -0.15) is 5.10 Å². The van der Waals surface area contributed by atoms with Crippen molar-refractivity contribution in [2.75, 3.05) is 20.1 Å². The number of amides is 1. The summed E-state index contributed by atoms with van der Waals surface area (Å²) in [6, 6.07) is 2.89. The zero-order valence-corrected chi connectivity index (χ0v) is 15.0. The first-order valence-corrected chi connectivity index (χ1v) is 8.81. The summed E-state index contributed by atoms with van der Waals surface area (Å²) >= 11 is 6.07. The van der Waals surface area contributed by atoms with Crippen molar-refractivity contribution in [1.82, 2.24) is 20.5 Å². The average Bonchev–Trinajstić information content (AvgIpc) is 3.05. The standard InChI is InChI=1S/C13H13ClN4O7S/c1-24-7-4-3-6(14)9(16-7)10-8(12(19)25-2)11(18-17-10)26(22,23)5-15-13(20)21/h3-4,15H,5H2,1-2H3,(H,17,18)(H,20,21). The van der Waals surface area contributed by atoms with Crippen LogP contribution in [0.25, 0.3) is 11.4 Å². The minimum absolute atomic E-state index is 0.0182. The summed E-state index contributed by atoms with van der Waals surface area (Å²) in [4.78, 5) is 26.8. The van der Waals surface area contributed by atoms with Gasteiger partial charge in [0.2, 0.25) is 15.7 Å². The molecule has 2 heterocycles. The van der Waals surface area contributed by atoms with Crippen LogP contribution in [-0.4, -0.2) is 60.9 Å². The van der Waals surface area contributed by atoms with Gasteiger partial charge < -0.3 is 19.9 Å². The Bertz CT molecular complexity index is 957. The van der Waals surface area contributed by atoms with E-state index in [1.807, 2.05) is 0 Å². The molecule has 0 aromatic carbocycles. The molecular formula is C13H13ClN4O7S. The number of carbonyl (C=O) groups excluding carboxylic acids is 1. The van der Waals surface area contributed by atoms with Crippen LogP contribution in [0.3, 0.4) is 0 Å². The molecule has 2 aromatic rings. The molecule has 0 aliphatic rings. The highest BCUT2D eigenvalue weighted by Crippen LogP contribution is 2.32. The normalized spacial score (nSPS) is 11.0. The third-order valence-electron chi connectivity index (χ3n) is 3.10. The number of pyridine rings is 1. The molecule has 0 bridgehead atoms. The number of carbonyl (C=O) groups is 2.